The molecule has 0 saturated heterocycles. The first-order valence-corrected chi connectivity index (χ1v) is 8.70. The van der Waals surface area contributed by atoms with Gasteiger partial charge in [0.1, 0.15) is 11.6 Å². The first-order valence-electron chi connectivity index (χ1n) is 8.32. The number of aromatic amines is 1. The predicted octanol–water partition coefficient (Wildman–Crippen LogP) is 3.66. The molecule has 1 atom stereocenters. The molecule has 1 aliphatic rings. The van der Waals surface area contributed by atoms with Crippen molar-refractivity contribution in [2.45, 2.75) is 5.92 Å². The number of nitrogens with one attached hydrogen (secondary N) is 1. The number of H-pyrrole nitrogens is 1. The number of fused-ring (bicyclic) bond motifs is 1. The molecule has 7 nitrogen and oxygen atoms in total. The molecule has 4 N–H and O–H groups in total. The number of phenols is 1. The Balaban J connectivity index is 1.98. The summed E-state index contributed by atoms with van der Waals surface area (Å²) in [5, 5.41) is 27.4. The van der Waals surface area contributed by atoms with Crippen LogP contribution in [0.2, 0.25) is 5.02 Å². The lowest BCUT2D eigenvalue weighted by Gasteiger charge is -2.24. The maximum absolute atomic E-state index is 9.95. The topological polar surface area (TPSA) is 117 Å². The van der Waals surface area contributed by atoms with Crippen LogP contribution >= 0.6 is 11.6 Å². The van der Waals surface area contributed by atoms with E-state index in [0.717, 1.165) is 5.56 Å². The molecular formula is C20H15ClN4O3. The minimum absolute atomic E-state index is 0.00693. The molecule has 0 radical (unpaired) electrons. The Kier molecular flexibility index (Phi) is 4.34. The number of nitrogens with zero attached hydrogens (tertiary/aromatic N) is 2. The van der Waals surface area contributed by atoms with E-state index in [1.807, 2.05) is 18.2 Å². The van der Waals surface area contributed by atoms with Gasteiger partial charge in [0.25, 0.3) is 0 Å². The SMILES string of the molecule is COc1cc(C2C(C#N)=C(N)Oc3n[nH]c(-c4ccccc4Cl)c32)ccc1O. The van der Waals surface area contributed by atoms with Gasteiger partial charge in [0.05, 0.1) is 24.3 Å². The van der Waals surface area contributed by atoms with Crippen LogP contribution in [0.5, 0.6) is 17.4 Å². The maximum Gasteiger partial charge on any atom is 0.244 e. The monoisotopic (exact) mass is 394 g/mol. The molecule has 1 aliphatic heterocycles. The van der Waals surface area contributed by atoms with Crippen LogP contribution in [0.25, 0.3) is 11.3 Å². The second-order valence-electron chi connectivity index (χ2n) is 6.15. The third-order valence-corrected chi connectivity index (χ3v) is 4.95. The number of allylic oxidation sites excluding steroid dienone is 1. The largest absolute Gasteiger partial charge is 0.504 e. The number of aromatic nitrogens is 2. The Hall–Kier alpha value is -3.63. The normalized spacial score (nSPS) is 15.5. The number of nitriles is 1. The lowest BCUT2D eigenvalue weighted by atomic mass is 9.83. The van der Waals surface area contributed by atoms with Crippen molar-refractivity contribution in [3.05, 3.63) is 70.1 Å². The number of ether oxygens (including phenoxy) is 2. The van der Waals surface area contributed by atoms with Gasteiger partial charge in [-0.2, -0.15) is 5.26 Å². The van der Waals surface area contributed by atoms with Crippen molar-refractivity contribution in [3.63, 3.8) is 0 Å². The fraction of sp³-hybridized carbons (Fsp3) is 0.100. The van der Waals surface area contributed by atoms with Crippen LogP contribution < -0.4 is 15.2 Å². The van der Waals surface area contributed by atoms with E-state index in [0.29, 0.717) is 21.8 Å². The summed E-state index contributed by atoms with van der Waals surface area (Å²) in [5.74, 6) is -0.0577. The van der Waals surface area contributed by atoms with E-state index >= 15 is 0 Å². The zero-order valence-electron chi connectivity index (χ0n) is 14.7. The highest BCUT2D eigenvalue weighted by Gasteiger charge is 2.36. The molecule has 1 unspecified atom stereocenters. The van der Waals surface area contributed by atoms with Crippen LogP contribution in [0, 0.1) is 11.3 Å². The van der Waals surface area contributed by atoms with E-state index in [1.165, 1.54) is 13.2 Å². The number of halogens is 1. The highest BCUT2D eigenvalue weighted by atomic mass is 35.5. The van der Waals surface area contributed by atoms with Gasteiger partial charge < -0.3 is 20.3 Å². The van der Waals surface area contributed by atoms with E-state index < -0.39 is 5.92 Å². The fourth-order valence-electron chi connectivity index (χ4n) is 3.32. The summed E-state index contributed by atoms with van der Waals surface area (Å²) in [7, 11) is 1.46. The molecule has 8 heteroatoms. The summed E-state index contributed by atoms with van der Waals surface area (Å²) in [6.07, 6.45) is 0. The summed E-state index contributed by atoms with van der Waals surface area (Å²) in [6, 6.07) is 14.3. The number of hydrogen-bond donors (Lipinski definition) is 3. The molecule has 140 valence electrons. The molecule has 0 aliphatic carbocycles. The fourth-order valence-corrected chi connectivity index (χ4v) is 3.55. The predicted molar refractivity (Wildman–Crippen MR) is 103 cm³/mol. The van der Waals surface area contributed by atoms with Crippen LogP contribution in [-0.4, -0.2) is 22.4 Å². The Morgan fingerprint density at radius 3 is 2.82 bits per heavy atom. The maximum atomic E-state index is 9.95. The molecule has 2 heterocycles. The van der Waals surface area contributed by atoms with Crippen molar-refractivity contribution in [3.8, 4) is 34.7 Å². The van der Waals surface area contributed by atoms with Gasteiger partial charge in [0.2, 0.25) is 11.8 Å². The van der Waals surface area contributed by atoms with Gasteiger partial charge in [-0.1, -0.05) is 35.9 Å². The molecule has 4 rings (SSSR count). The zero-order valence-corrected chi connectivity index (χ0v) is 15.5. The summed E-state index contributed by atoms with van der Waals surface area (Å²) < 4.78 is 10.8. The highest BCUT2D eigenvalue weighted by molar-refractivity contribution is 6.33. The number of nitrogens with two attached hydrogens (primary N) is 1. The third kappa shape index (κ3) is 2.71. The lowest BCUT2D eigenvalue weighted by Crippen LogP contribution is -2.21. The number of phenolic OH excluding ortho intramolecular Hbond substituents is 1. The van der Waals surface area contributed by atoms with Crippen LogP contribution in [0.1, 0.15) is 17.0 Å². The smallest absolute Gasteiger partial charge is 0.244 e. The molecule has 0 bridgehead atoms. The standard InChI is InChI=1S/C20H15ClN4O3/c1-27-15-8-10(6-7-14(15)26)16-12(9-22)19(23)28-20-17(16)18(24-25-20)11-4-2-3-5-13(11)21/h2-8,16,26H,23H2,1H3,(H,24,25). The van der Waals surface area contributed by atoms with E-state index in [1.54, 1.807) is 18.2 Å². The second-order valence-corrected chi connectivity index (χ2v) is 6.56. The summed E-state index contributed by atoms with van der Waals surface area (Å²) in [4.78, 5) is 0. The summed E-state index contributed by atoms with van der Waals surface area (Å²) >= 11 is 6.38. The number of methoxy groups -OCH3 is 1. The van der Waals surface area contributed by atoms with Gasteiger partial charge in [-0.15, -0.1) is 5.10 Å². The average molecular weight is 395 g/mol. The molecule has 1 aromatic heterocycles. The van der Waals surface area contributed by atoms with Gasteiger partial charge in [-0.25, -0.2) is 0 Å². The molecule has 0 saturated carbocycles. The second kappa shape index (κ2) is 6.83. The number of aromatic hydroxyl groups is 1. The van der Waals surface area contributed by atoms with E-state index in [9.17, 15) is 10.4 Å². The van der Waals surface area contributed by atoms with Gasteiger partial charge in [-0.05, 0) is 23.8 Å². The Labute approximate surface area is 165 Å². The van der Waals surface area contributed by atoms with Crippen LogP contribution in [0.4, 0.5) is 0 Å². The molecular weight excluding hydrogens is 380 g/mol. The molecule has 3 aromatic rings. The van der Waals surface area contributed by atoms with E-state index in [2.05, 4.69) is 16.3 Å². The zero-order chi connectivity index (χ0) is 19.8. The van der Waals surface area contributed by atoms with Gasteiger partial charge in [-0.3, -0.25) is 5.10 Å². The van der Waals surface area contributed by atoms with Crippen molar-refractivity contribution in [2.24, 2.45) is 5.73 Å². The molecule has 0 fully saturated rings. The summed E-state index contributed by atoms with van der Waals surface area (Å²) in [6.45, 7) is 0. The summed E-state index contributed by atoms with van der Waals surface area (Å²) in [5.41, 5.74) is 8.88. The Bertz CT molecular complexity index is 1150. The minimum Gasteiger partial charge on any atom is -0.504 e. The first kappa shape index (κ1) is 17.8. The number of hydrogen-bond acceptors (Lipinski definition) is 6. The Morgan fingerprint density at radius 2 is 2.11 bits per heavy atom. The van der Waals surface area contributed by atoms with Gasteiger partial charge >= 0.3 is 0 Å². The van der Waals surface area contributed by atoms with E-state index in [4.69, 9.17) is 26.8 Å². The van der Waals surface area contributed by atoms with Crippen LogP contribution in [-0.2, 0) is 0 Å². The average Bonchev–Trinajstić information content (AvgIpc) is 3.11. The van der Waals surface area contributed by atoms with Crippen molar-refractivity contribution in [1.29, 1.82) is 5.26 Å². The van der Waals surface area contributed by atoms with Crippen molar-refractivity contribution in [1.82, 2.24) is 10.2 Å². The third-order valence-electron chi connectivity index (χ3n) is 4.62. The Morgan fingerprint density at radius 1 is 1.32 bits per heavy atom. The first-order chi connectivity index (χ1) is 13.5. The molecule has 2 aromatic carbocycles. The highest BCUT2D eigenvalue weighted by Crippen LogP contribution is 2.47. The van der Waals surface area contributed by atoms with Crippen molar-refractivity contribution in [2.75, 3.05) is 7.11 Å². The van der Waals surface area contributed by atoms with Gasteiger partial charge in [0, 0.05) is 10.6 Å². The molecule has 0 spiro atoms. The number of benzene rings is 2. The molecule has 28 heavy (non-hydrogen) atoms. The van der Waals surface area contributed by atoms with Crippen LogP contribution in [0.3, 0.4) is 0 Å². The van der Waals surface area contributed by atoms with Crippen LogP contribution in [0.15, 0.2) is 53.9 Å². The molecule has 0 amide bonds. The number of rotatable bonds is 3. The lowest BCUT2D eigenvalue weighted by molar-refractivity contribution is 0.371. The minimum atomic E-state index is -0.576. The van der Waals surface area contributed by atoms with Crippen molar-refractivity contribution < 1.29 is 14.6 Å². The quantitative estimate of drug-likeness (QED) is 0.624. The van der Waals surface area contributed by atoms with Crippen molar-refractivity contribution >= 4 is 11.6 Å². The van der Waals surface area contributed by atoms with Gasteiger partial charge in [0.15, 0.2) is 11.5 Å². The van der Waals surface area contributed by atoms with E-state index in [-0.39, 0.29) is 28.8 Å².